The molecule has 0 unspecified atom stereocenters. The van der Waals surface area contributed by atoms with Crippen LogP contribution in [0.3, 0.4) is 0 Å². The van der Waals surface area contributed by atoms with Crippen molar-refractivity contribution in [3.8, 4) is 5.69 Å². The zero-order valence-electron chi connectivity index (χ0n) is 14.5. The van der Waals surface area contributed by atoms with Crippen LogP contribution in [0.25, 0.3) is 5.69 Å². The van der Waals surface area contributed by atoms with Gasteiger partial charge < -0.3 is 4.90 Å². The van der Waals surface area contributed by atoms with Gasteiger partial charge in [-0.2, -0.15) is 5.10 Å². The Hall–Kier alpha value is -2.15. The number of nitrogens with zero attached hydrogens (tertiary/aromatic N) is 3. The van der Waals surface area contributed by atoms with Crippen LogP contribution >= 0.6 is 22.6 Å². The Balaban J connectivity index is 1.84. The van der Waals surface area contributed by atoms with Crippen LogP contribution < -0.4 is 0 Å². The molecular weight excluding hydrogens is 425 g/mol. The van der Waals surface area contributed by atoms with Gasteiger partial charge in [-0.15, -0.1) is 0 Å². The molecule has 0 aliphatic rings. The Kier molecular flexibility index (Phi) is 5.22. The normalized spacial score (nSPS) is 10.7. The minimum atomic E-state index is 0.0164. The maximum atomic E-state index is 12.7. The molecule has 1 aromatic heterocycles. The predicted molar refractivity (Wildman–Crippen MR) is 108 cm³/mol. The van der Waals surface area contributed by atoms with Gasteiger partial charge >= 0.3 is 0 Å². The van der Waals surface area contributed by atoms with Gasteiger partial charge in [-0.1, -0.05) is 18.2 Å². The lowest BCUT2D eigenvalue weighted by Crippen LogP contribution is -2.26. The third kappa shape index (κ3) is 3.76. The van der Waals surface area contributed by atoms with E-state index in [1.54, 1.807) is 4.90 Å². The summed E-state index contributed by atoms with van der Waals surface area (Å²) in [6.07, 6.45) is 0. The lowest BCUT2D eigenvalue weighted by atomic mass is 10.1. The van der Waals surface area contributed by atoms with Crippen LogP contribution in [0.5, 0.6) is 0 Å². The number of hydrogen-bond acceptors (Lipinski definition) is 2. The van der Waals surface area contributed by atoms with E-state index in [1.165, 1.54) is 0 Å². The highest BCUT2D eigenvalue weighted by Gasteiger charge is 2.18. The Labute approximate surface area is 161 Å². The number of rotatable bonds is 4. The van der Waals surface area contributed by atoms with Crippen molar-refractivity contribution in [1.82, 2.24) is 14.7 Å². The number of carbonyl (C=O) groups is 1. The van der Waals surface area contributed by atoms with Crippen LogP contribution in [0.1, 0.15) is 27.3 Å². The van der Waals surface area contributed by atoms with E-state index in [4.69, 9.17) is 0 Å². The highest BCUT2D eigenvalue weighted by molar-refractivity contribution is 14.1. The van der Waals surface area contributed by atoms with E-state index in [0.717, 1.165) is 26.2 Å². The minimum absolute atomic E-state index is 0.0164. The summed E-state index contributed by atoms with van der Waals surface area (Å²) in [5, 5.41) is 4.65. The van der Waals surface area contributed by atoms with E-state index in [0.29, 0.717) is 12.1 Å². The number of para-hydroxylation sites is 1. The molecule has 128 valence electrons. The summed E-state index contributed by atoms with van der Waals surface area (Å²) >= 11 is 2.24. The number of aryl methyl sites for hydroxylation is 1. The molecule has 25 heavy (non-hydrogen) atoms. The van der Waals surface area contributed by atoms with Gasteiger partial charge in [0, 0.05) is 34.0 Å². The first-order chi connectivity index (χ1) is 12.0. The van der Waals surface area contributed by atoms with Crippen molar-refractivity contribution in [2.45, 2.75) is 20.4 Å². The monoisotopic (exact) mass is 445 g/mol. The molecule has 1 amide bonds. The van der Waals surface area contributed by atoms with Crippen LogP contribution in [0.4, 0.5) is 0 Å². The van der Waals surface area contributed by atoms with Crippen LogP contribution in [0, 0.1) is 17.4 Å². The Morgan fingerprint density at radius 3 is 2.36 bits per heavy atom. The molecule has 1 heterocycles. The zero-order valence-corrected chi connectivity index (χ0v) is 16.7. The van der Waals surface area contributed by atoms with Crippen LogP contribution in [0.2, 0.25) is 0 Å². The van der Waals surface area contributed by atoms with E-state index in [-0.39, 0.29) is 5.91 Å². The lowest BCUT2D eigenvalue weighted by Gasteiger charge is -2.18. The van der Waals surface area contributed by atoms with Gasteiger partial charge in [0.1, 0.15) is 0 Å². The molecule has 0 fully saturated rings. The SMILES string of the molecule is Cc1nn(-c2ccccc2)c(C)c1CN(C)C(=O)c1ccc(I)cc1. The predicted octanol–water partition coefficient (Wildman–Crippen LogP) is 4.37. The van der Waals surface area contributed by atoms with E-state index in [1.807, 2.05) is 80.2 Å². The van der Waals surface area contributed by atoms with Gasteiger partial charge in [-0.25, -0.2) is 4.68 Å². The molecule has 2 aromatic carbocycles. The molecular formula is C20H20IN3O. The van der Waals surface area contributed by atoms with Gasteiger partial charge in [-0.05, 0) is 72.8 Å². The first kappa shape index (κ1) is 17.7. The molecule has 0 spiro atoms. The van der Waals surface area contributed by atoms with Crippen LogP contribution in [-0.4, -0.2) is 27.6 Å². The number of halogens is 1. The molecule has 0 atom stereocenters. The van der Waals surface area contributed by atoms with Crippen LogP contribution in [0.15, 0.2) is 54.6 Å². The Morgan fingerprint density at radius 1 is 1.08 bits per heavy atom. The fraction of sp³-hybridized carbons (Fsp3) is 0.200. The minimum Gasteiger partial charge on any atom is -0.337 e. The molecule has 5 heteroatoms. The third-order valence-electron chi connectivity index (χ3n) is 4.28. The molecule has 3 rings (SSSR count). The number of benzene rings is 2. The van der Waals surface area contributed by atoms with Crippen molar-refractivity contribution >= 4 is 28.5 Å². The van der Waals surface area contributed by atoms with Gasteiger partial charge in [-0.3, -0.25) is 4.79 Å². The van der Waals surface area contributed by atoms with E-state index < -0.39 is 0 Å². The molecule has 0 saturated heterocycles. The topological polar surface area (TPSA) is 38.1 Å². The molecule has 0 aliphatic carbocycles. The Morgan fingerprint density at radius 2 is 1.72 bits per heavy atom. The second-order valence-electron chi connectivity index (χ2n) is 6.06. The summed E-state index contributed by atoms with van der Waals surface area (Å²) in [5.74, 6) is 0.0164. The van der Waals surface area contributed by atoms with Gasteiger partial charge in [0.05, 0.1) is 11.4 Å². The van der Waals surface area contributed by atoms with Crippen molar-refractivity contribution in [2.75, 3.05) is 7.05 Å². The average Bonchev–Trinajstić information content (AvgIpc) is 2.90. The van der Waals surface area contributed by atoms with Crippen molar-refractivity contribution in [2.24, 2.45) is 0 Å². The van der Waals surface area contributed by atoms with E-state index in [9.17, 15) is 4.79 Å². The highest BCUT2D eigenvalue weighted by Crippen LogP contribution is 2.20. The number of amides is 1. The summed E-state index contributed by atoms with van der Waals surface area (Å²) in [7, 11) is 1.83. The highest BCUT2D eigenvalue weighted by atomic mass is 127. The average molecular weight is 445 g/mol. The summed E-state index contributed by atoms with van der Waals surface area (Å²) < 4.78 is 3.06. The molecule has 3 aromatic rings. The quantitative estimate of drug-likeness (QED) is 0.560. The summed E-state index contributed by atoms with van der Waals surface area (Å²) in [5.41, 5.74) is 4.83. The first-order valence-electron chi connectivity index (χ1n) is 8.09. The van der Waals surface area contributed by atoms with Gasteiger partial charge in [0.15, 0.2) is 0 Å². The van der Waals surface area contributed by atoms with Crippen LogP contribution in [-0.2, 0) is 6.54 Å². The summed E-state index contributed by atoms with van der Waals surface area (Å²) in [6, 6.07) is 17.7. The number of hydrogen-bond donors (Lipinski definition) is 0. The maximum absolute atomic E-state index is 12.7. The molecule has 0 aliphatic heterocycles. The zero-order chi connectivity index (χ0) is 18.0. The smallest absolute Gasteiger partial charge is 0.253 e. The molecule has 0 bridgehead atoms. The largest absolute Gasteiger partial charge is 0.337 e. The fourth-order valence-electron chi connectivity index (χ4n) is 2.85. The second-order valence-corrected chi connectivity index (χ2v) is 7.31. The maximum Gasteiger partial charge on any atom is 0.253 e. The first-order valence-corrected chi connectivity index (χ1v) is 9.17. The molecule has 0 radical (unpaired) electrons. The number of aromatic nitrogens is 2. The van der Waals surface area contributed by atoms with Crippen molar-refractivity contribution < 1.29 is 4.79 Å². The van der Waals surface area contributed by atoms with Gasteiger partial charge in [0.25, 0.3) is 5.91 Å². The molecule has 0 saturated carbocycles. The summed E-state index contributed by atoms with van der Waals surface area (Å²) in [6.45, 7) is 4.58. The standard InChI is InChI=1S/C20H20IN3O/c1-14-19(15(2)24(22-14)18-7-5-4-6-8-18)13-23(3)20(25)16-9-11-17(21)12-10-16/h4-12H,13H2,1-3H3. The fourth-order valence-corrected chi connectivity index (χ4v) is 3.21. The van der Waals surface area contributed by atoms with E-state index >= 15 is 0 Å². The Bertz CT molecular complexity index is 885. The second kappa shape index (κ2) is 7.39. The summed E-state index contributed by atoms with van der Waals surface area (Å²) in [4.78, 5) is 14.4. The van der Waals surface area contributed by atoms with Crippen molar-refractivity contribution in [3.05, 3.63) is 80.7 Å². The molecule has 4 nitrogen and oxygen atoms in total. The van der Waals surface area contributed by atoms with E-state index in [2.05, 4.69) is 27.7 Å². The number of carbonyl (C=O) groups excluding carboxylic acids is 1. The van der Waals surface area contributed by atoms with Crippen molar-refractivity contribution in [3.63, 3.8) is 0 Å². The molecule has 0 N–H and O–H groups in total. The third-order valence-corrected chi connectivity index (χ3v) is 4.99. The van der Waals surface area contributed by atoms with Crippen molar-refractivity contribution in [1.29, 1.82) is 0 Å². The lowest BCUT2D eigenvalue weighted by molar-refractivity contribution is 0.0784. The van der Waals surface area contributed by atoms with Gasteiger partial charge in [0.2, 0.25) is 0 Å².